The lowest BCUT2D eigenvalue weighted by molar-refractivity contribution is -0.670. The average Bonchev–Trinajstić information content (AvgIpc) is 3.57. The van der Waals surface area contributed by atoms with Crippen LogP contribution in [0.15, 0.2) is 42.7 Å². The van der Waals surface area contributed by atoms with E-state index in [1.165, 1.54) is 11.1 Å². The third kappa shape index (κ3) is 6.19. The molecule has 3 aliphatic heterocycles. The Morgan fingerprint density at radius 3 is 2.80 bits per heavy atom. The number of pyridine rings is 1. The molecule has 4 heterocycles. The van der Waals surface area contributed by atoms with Gasteiger partial charge in [0.05, 0.1) is 13.2 Å². The lowest BCUT2D eigenvalue weighted by Gasteiger charge is -2.31. The summed E-state index contributed by atoms with van der Waals surface area (Å²) in [5.74, 6) is 2.13. The molecule has 5 rings (SSSR count). The molecule has 1 aromatic carbocycles. The van der Waals surface area contributed by atoms with E-state index in [-0.39, 0.29) is 23.3 Å². The molecule has 3 aliphatic rings. The van der Waals surface area contributed by atoms with E-state index >= 15 is 0 Å². The molecule has 40 heavy (non-hydrogen) atoms. The third-order valence-corrected chi connectivity index (χ3v) is 9.19. The summed E-state index contributed by atoms with van der Waals surface area (Å²) in [6.45, 7) is 13.1. The molecule has 3 atom stereocenters. The summed E-state index contributed by atoms with van der Waals surface area (Å²) < 4.78 is 7.77. The molecule has 7 nitrogen and oxygen atoms in total. The fourth-order valence-electron chi connectivity index (χ4n) is 7.01. The fourth-order valence-corrected chi connectivity index (χ4v) is 7.01. The minimum atomic E-state index is 0.0364. The summed E-state index contributed by atoms with van der Waals surface area (Å²) in [6.07, 6.45) is 8.51. The first kappa shape index (κ1) is 28.6. The molecule has 7 heteroatoms. The summed E-state index contributed by atoms with van der Waals surface area (Å²) in [4.78, 5) is 33.1. The van der Waals surface area contributed by atoms with E-state index in [4.69, 9.17) is 4.74 Å². The van der Waals surface area contributed by atoms with Gasteiger partial charge in [0.2, 0.25) is 11.8 Å². The highest BCUT2D eigenvalue weighted by Crippen LogP contribution is 2.41. The second kappa shape index (κ2) is 11.9. The van der Waals surface area contributed by atoms with Crippen molar-refractivity contribution >= 4 is 17.5 Å². The van der Waals surface area contributed by atoms with Crippen LogP contribution in [0.4, 0.5) is 5.69 Å². The minimum Gasteiger partial charge on any atom is -0.493 e. The van der Waals surface area contributed by atoms with Gasteiger partial charge in [0, 0.05) is 57.0 Å². The zero-order valence-corrected chi connectivity index (χ0v) is 25.1. The first-order chi connectivity index (χ1) is 19.1. The number of hydrogen-bond acceptors (Lipinski definition) is 4. The highest BCUT2D eigenvalue weighted by molar-refractivity contribution is 5.94. The fraction of sp³-hybridized carbons (Fsp3) is 0.606. The van der Waals surface area contributed by atoms with Crippen LogP contribution in [-0.2, 0) is 23.1 Å². The van der Waals surface area contributed by atoms with E-state index in [1.54, 1.807) is 0 Å². The van der Waals surface area contributed by atoms with Crippen molar-refractivity contribution in [3.63, 3.8) is 0 Å². The van der Waals surface area contributed by atoms with Gasteiger partial charge >= 0.3 is 0 Å². The molecule has 0 bridgehead atoms. The molecule has 0 aliphatic carbocycles. The Hall–Kier alpha value is -2.93. The van der Waals surface area contributed by atoms with Crippen LogP contribution in [0.25, 0.3) is 0 Å². The van der Waals surface area contributed by atoms with Crippen LogP contribution >= 0.6 is 0 Å². The molecule has 0 radical (unpaired) electrons. The number of anilines is 1. The number of ether oxygens (including phenoxy) is 1. The quantitative estimate of drug-likeness (QED) is 0.416. The van der Waals surface area contributed by atoms with Crippen molar-refractivity contribution < 1.29 is 18.9 Å². The number of hydrogen-bond donors (Lipinski definition) is 0. The number of nitrogens with zero attached hydrogens (tertiary/aromatic N) is 4. The first-order valence-corrected chi connectivity index (χ1v) is 15.2. The van der Waals surface area contributed by atoms with Gasteiger partial charge in [0.1, 0.15) is 18.5 Å². The Kier molecular flexibility index (Phi) is 8.50. The highest BCUT2D eigenvalue weighted by Gasteiger charge is 2.42. The molecule has 0 spiro atoms. The minimum absolute atomic E-state index is 0.0364. The zero-order valence-electron chi connectivity index (χ0n) is 25.1. The molecular formula is C33H47N4O3+. The molecule has 2 saturated heterocycles. The Morgan fingerprint density at radius 2 is 2.08 bits per heavy atom. The lowest BCUT2D eigenvalue weighted by atomic mass is 9.85. The number of likely N-dealkylation sites (tertiary alicyclic amines) is 2. The van der Waals surface area contributed by atoms with Gasteiger partial charge in [-0.3, -0.25) is 14.5 Å². The second-order valence-corrected chi connectivity index (χ2v) is 13.0. The van der Waals surface area contributed by atoms with E-state index in [0.717, 1.165) is 69.9 Å². The topological polar surface area (TPSA) is 57.0 Å². The SMILES string of the molecule is CCCCN(C(=O)CN1C[C@H](c2ccc3c(c2)CCO3)[C@@H](C)[C@@H]1CCN1CC(C)(C)CC1=O)c1ccc[n+](C)c1. The number of aryl methyl sites for hydroxylation is 1. The third-order valence-electron chi connectivity index (χ3n) is 9.19. The van der Waals surface area contributed by atoms with Crippen LogP contribution in [0.2, 0.25) is 0 Å². The van der Waals surface area contributed by atoms with Gasteiger partial charge in [-0.1, -0.05) is 46.2 Å². The molecule has 2 aromatic rings. The van der Waals surface area contributed by atoms with E-state index in [1.807, 2.05) is 45.9 Å². The van der Waals surface area contributed by atoms with E-state index in [2.05, 4.69) is 50.8 Å². The number of benzene rings is 1. The summed E-state index contributed by atoms with van der Waals surface area (Å²) in [6, 6.07) is 10.9. The maximum absolute atomic E-state index is 14.0. The molecule has 0 unspecified atom stereocenters. The van der Waals surface area contributed by atoms with Crippen molar-refractivity contribution in [3.8, 4) is 5.75 Å². The lowest BCUT2D eigenvalue weighted by Crippen LogP contribution is -2.45. The van der Waals surface area contributed by atoms with Gasteiger partial charge in [-0.05, 0) is 47.4 Å². The standard InChI is InChI=1S/C33H47N4O3/c1-6-7-15-37(27-9-8-14-34(5)20-27)32(39)22-36-21-28(25-10-11-30-26(18-25)13-17-40-30)24(2)29(36)12-16-35-23-33(3,4)19-31(35)38/h8-11,14,18,20,24,28-29H,6-7,12-13,15-17,19,21-23H2,1-5H3/q+1/t24-,28+,29+/m1/s1. The first-order valence-electron chi connectivity index (χ1n) is 15.2. The van der Waals surface area contributed by atoms with Crippen molar-refractivity contribution in [2.24, 2.45) is 18.4 Å². The molecule has 2 amide bonds. The van der Waals surface area contributed by atoms with Crippen LogP contribution in [-0.4, -0.2) is 67.0 Å². The zero-order chi connectivity index (χ0) is 28.4. The summed E-state index contributed by atoms with van der Waals surface area (Å²) >= 11 is 0. The van der Waals surface area contributed by atoms with Crippen LogP contribution in [0.5, 0.6) is 5.75 Å². The Balaban J connectivity index is 1.37. The van der Waals surface area contributed by atoms with E-state index in [0.29, 0.717) is 24.8 Å². The number of carbonyl (C=O) groups excluding carboxylic acids is 2. The largest absolute Gasteiger partial charge is 0.493 e. The van der Waals surface area contributed by atoms with Crippen LogP contribution in [0.3, 0.4) is 0 Å². The molecule has 0 N–H and O–H groups in total. The van der Waals surface area contributed by atoms with Gasteiger partial charge in [-0.25, -0.2) is 4.57 Å². The predicted octanol–water partition coefficient (Wildman–Crippen LogP) is 4.33. The Labute approximate surface area is 240 Å². The van der Waals surface area contributed by atoms with Crippen LogP contribution < -0.4 is 14.2 Å². The number of rotatable bonds is 10. The molecule has 2 fully saturated rings. The van der Waals surface area contributed by atoms with Crippen molar-refractivity contribution in [1.29, 1.82) is 0 Å². The van der Waals surface area contributed by atoms with Crippen molar-refractivity contribution in [3.05, 3.63) is 53.9 Å². The van der Waals surface area contributed by atoms with Gasteiger partial charge in [-0.15, -0.1) is 0 Å². The molecular weight excluding hydrogens is 500 g/mol. The summed E-state index contributed by atoms with van der Waals surface area (Å²) in [7, 11) is 2.00. The smallest absolute Gasteiger partial charge is 0.241 e. The van der Waals surface area contributed by atoms with Gasteiger partial charge in [0.25, 0.3) is 0 Å². The number of amides is 2. The Morgan fingerprint density at radius 1 is 1.25 bits per heavy atom. The van der Waals surface area contributed by atoms with Gasteiger partial charge in [-0.2, -0.15) is 0 Å². The highest BCUT2D eigenvalue weighted by atomic mass is 16.5. The monoisotopic (exact) mass is 547 g/mol. The maximum atomic E-state index is 14.0. The maximum Gasteiger partial charge on any atom is 0.241 e. The second-order valence-electron chi connectivity index (χ2n) is 13.0. The molecule has 1 aromatic heterocycles. The molecule has 0 saturated carbocycles. The number of unbranched alkanes of at least 4 members (excludes halogenated alkanes) is 1. The summed E-state index contributed by atoms with van der Waals surface area (Å²) in [5.41, 5.74) is 3.62. The Bertz CT molecular complexity index is 1230. The number of fused-ring (bicyclic) bond motifs is 1. The van der Waals surface area contributed by atoms with Crippen molar-refractivity contribution in [2.45, 2.75) is 71.8 Å². The average molecular weight is 548 g/mol. The predicted molar refractivity (Wildman–Crippen MR) is 157 cm³/mol. The van der Waals surface area contributed by atoms with E-state index in [9.17, 15) is 9.59 Å². The normalized spacial score (nSPS) is 23.9. The molecule has 216 valence electrons. The van der Waals surface area contributed by atoms with Gasteiger partial charge < -0.3 is 14.5 Å². The van der Waals surface area contributed by atoms with Crippen molar-refractivity contribution in [1.82, 2.24) is 9.80 Å². The number of carbonyl (C=O) groups is 2. The van der Waals surface area contributed by atoms with Crippen LogP contribution in [0.1, 0.15) is 70.4 Å². The van der Waals surface area contributed by atoms with Gasteiger partial charge in [0.15, 0.2) is 12.4 Å². The van der Waals surface area contributed by atoms with E-state index < -0.39 is 0 Å². The summed E-state index contributed by atoms with van der Waals surface area (Å²) in [5, 5.41) is 0. The van der Waals surface area contributed by atoms with Crippen LogP contribution in [0, 0.1) is 11.3 Å². The van der Waals surface area contributed by atoms with Crippen molar-refractivity contribution in [2.75, 3.05) is 44.2 Å². The number of aromatic nitrogens is 1.